The first kappa shape index (κ1) is 11.6. The molecule has 1 aliphatic rings. The number of rotatable bonds is 5. The molecule has 4 heteroatoms. The molecule has 0 radical (unpaired) electrons. The molecule has 1 rings (SSSR count). The lowest BCUT2D eigenvalue weighted by Crippen LogP contribution is -2.35. The van der Waals surface area contributed by atoms with Crippen molar-refractivity contribution >= 4 is 6.29 Å². The number of hydrogen-bond donors (Lipinski definition) is 1. The first-order valence-electron chi connectivity index (χ1n) is 5.12. The Balaban J connectivity index is 2.17. The van der Waals surface area contributed by atoms with Crippen LogP contribution in [0.5, 0.6) is 0 Å². The number of carbonyl (C=O) groups excluding carboxylic acids is 1. The van der Waals surface area contributed by atoms with Gasteiger partial charge in [-0.05, 0) is 25.8 Å². The molecule has 1 heterocycles. The van der Waals surface area contributed by atoms with Crippen molar-refractivity contribution in [1.82, 2.24) is 4.90 Å². The van der Waals surface area contributed by atoms with E-state index in [0.717, 1.165) is 32.6 Å². The number of carbonyl (C=O) groups is 1. The molecule has 1 aliphatic heterocycles. The Kier molecular flexibility index (Phi) is 5.07. The monoisotopic (exact) mass is 201 g/mol. The van der Waals surface area contributed by atoms with E-state index in [0.29, 0.717) is 18.7 Å². The average molecular weight is 201 g/mol. The van der Waals surface area contributed by atoms with E-state index in [1.54, 1.807) is 0 Å². The number of aldehydes is 1. The molecular weight excluding hydrogens is 182 g/mol. The minimum absolute atomic E-state index is 0.431. The van der Waals surface area contributed by atoms with Gasteiger partial charge in [-0.1, -0.05) is 0 Å². The molecule has 1 N–H and O–H groups in total. The molecule has 0 spiro atoms. The SMILES string of the molecule is CN(CC(O)C=O)CC1CCOCC1. The summed E-state index contributed by atoms with van der Waals surface area (Å²) in [5.74, 6) is 0.646. The van der Waals surface area contributed by atoms with E-state index in [1.165, 1.54) is 0 Å². The Bertz CT molecular complexity index is 169. The van der Waals surface area contributed by atoms with Crippen LogP contribution in [-0.4, -0.2) is 55.7 Å². The van der Waals surface area contributed by atoms with Crippen LogP contribution in [-0.2, 0) is 9.53 Å². The first-order valence-corrected chi connectivity index (χ1v) is 5.12. The van der Waals surface area contributed by atoms with Crippen molar-refractivity contribution in [2.75, 3.05) is 33.4 Å². The third kappa shape index (κ3) is 4.17. The molecule has 0 amide bonds. The second kappa shape index (κ2) is 6.11. The van der Waals surface area contributed by atoms with Crippen molar-refractivity contribution in [3.8, 4) is 0 Å². The summed E-state index contributed by atoms with van der Waals surface area (Å²) in [6, 6.07) is 0. The van der Waals surface area contributed by atoms with Gasteiger partial charge in [0.2, 0.25) is 0 Å². The van der Waals surface area contributed by atoms with Crippen LogP contribution in [0.25, 0.3) is 0 Å². The predicted molar refractivity (Wildman–Crippen MR) is 53.1 cm³/mol. The zero-order chi connectivity index (χ0) is 10.4. The normalized spacial score (nSPS) is 21.1. The molecule has 0 aliphatic carbocycles. The van der Waals surface area contributed by atoms with Gasteiger partial charge in [-0.2, -0.15) is 0 Å². The second-order valence-electron chi connectivity index (χ2n) is 3.98. The molecule has 4 nitrogen and oxygen atoms in total. The van der Waals surface area contributed by atoms with Gasteiger partial charge in [0.15, 0.2) is 0 Å². The summed E-state index contributed by atoms with van der Waals surface area (Å²) in [6.07, 6.45) is 1.91. The molecule has 1 fully saturated rings. The molecule has 0 aromatic heterocycles. The zero-order valence-electron chi connectivity index (χ0n) is 8.69. The van der Waals surface area contributed by atoms with Crippen LogP contribution < -0.4 is 0 Å². The Hall–Kier alpha value is -0.450. The lowest BCUT2D eigenvalue weighted by molar-refractivity contribution is -0.115. The van der Waals surface area contributed by atoms with Gasteiger partial charge in [0.1, 0.15) is 12.4 Å². The molecule has 1 saturated heterocycles. The molecule has 0 aromatic rings. The number of aliphatic hydroxyl groups excluding tert-OH is 1. The smallest absolute Gasteiger partial charge is 0.149 e. The fourth-order valence-corrected chi connectivity index (χ4v) is 1.81. The molecule has 0 aromatic carbocycles. The van der Waals surface area contributed by atoms with Crippen LogP contribution >= 0.6 is 0 Å². The van der Waals surface area contributed by atoms with Crippen molar-refractivity contribution in [2.24, 2.45) is 5.92 Å². The molecule has 14 heavy (non-hydrogen) atoms. The predicted octanol–water partition coefficient (Wildman–Crippen LogP) is -0.0954. The summed E-state index contributed by atoms with van der Waals surface area (Å²) in [5, 5.41) is 9.12. The minimum atomic E-state index is -0.847. The highest BCUT2D eigenvalue weighted by Crippen LogP contribution is 2.15. The standard InChI is InChI=1S/C10H19NO3/c1-11(7-10(13)8-12)6-9-2-4-14-5-3-9/h8-10,13H,2-7H2,1H3. The number of aliphatic hydroxyl groups is 1. The van der Waals surface area contributed by atoms with Gasteiger partial charge >= 0.3 is 0 Å². The lowest BCUT2D eigenvalue weighted by Gasteiger charge is -2.27. The number of ether oxygens (including phenoxy) is 1. The molecular formula is C10H19NO3. The number of hydrogen-bond acceptors (Lipinski definition) is 4. The molecule has 0 saturated carbocycles. The zero-order valence-corrected chi connectivity index (χ0v) is 8.69. The van der Waals surface area contributed by atoms with Gasteiger partial charge in [-0.15, -0.1) is 0 Å². The maximum atomic E-state index is 10.2. The summed E-state index contributed by atoms with van der Waals surface area (Å²) in [6.45, 7) is 3.05. The highest BCUT2D eigenvalue weighted by Gasteiger charge is 2.16. The van der Waals surface area contributed by atoms with Crippen molar-refractivity contribution in [2.45, 2.75) is 18.9 Å². The first-order chi connectivity index (χ1) is 6.72. The second-order valence-corrected chi connectivity index (χ2v) is 3.98. The summed E-state index contributed by atoms with van der Waals surface area (Å²) >= 11 is 0. The molecule has 0 bridgehead atoms. The quantitative estimate of drug-likeness (QED) is 0.631. The van der Waals surface area contributed by atoms with E-state index in [1.807, 2.05) is 11.9 Å². The van der Waals surface area contributed by atoms with Crippen molar-refractivity contribution in [3.63, 3.8) is 0 Å². The Morgan fingerprint density at radius 2 is 2.21 bits per heavy atom. The number of nitrogens with zero attached hydrogens (tertiary/aromatic N) is 1. The van der Waals surface area contributed by atoms with Gasteiger partial charge in [0.05, 0.1) is 0 Å². The average Bonchev–Trinajstić information content (AvgIpc) is 2.19. The fourth-order valence-electron chi connectivity index (χ4n) is 1.81. The van der Waals surface area contributed by atoms with E-state index >= 15 is 0 Å². The van der Waals surface area contributed by atoms with Gasteiger partial charge in [0, 0.05) is 26.3 Å². The molecule has 82 valence electrons. The van der Waals surface area contributed by atoms with Gasteiger partial charge < -0.3 is 19.5 Å². The largest absolute Gasteiger partial charge is 0.384 e. The molecule has 1 atom stereocenters. The van der Waals surface area contributed by atoms with E-state index in [-0.39, 0.29) is 0 Å². The highest BCUT2D eigenvalue weighted by molar-refractivity contribution is 5.55. The molecule has 1 unspecified atom stereocenters. The Morgan fingerprint density at radius 3 is 2.79 bits per heavy atom. The van der Waals surface area contributed by atoms with Crippen LogP contribution in [0, 0.1) is 5.92 Å². The summed E-state index contributed by atoms with van der Waals surface area (Å²) in [4.78, 5) is 12.2. The van der Waals surface area contributed by atoms with Crippen LogP contribution in [0.3, 0.4) is 0 Å². The van der Waals surface area contributed by atoms with E-state index < -0.39 is 6.10 Å². The van der Waals surface area contributed by atoms with Crippen molar-refractivity contribution in [3.05, 3.63) is 0 Å². The van der Waals surface area contributed by atoms with E-state index in [9.17, 15) is 4.79 Å². The topological polar surface area (TPSA) is 49.8 Å². The minimum Gasteiger partial charge on any atom is -0.384 e. The summed E-state index contributed by atoms with van der Waals surface area (Å²) in [7, 11) is 1.93. The summed E-state index contributed by atoms with van der Waals surface area (Å²) < 4.78 is 5.26. The third-order valence-corrected chi connectivity index (χ3v) is 2.57. The fraction of sp³-hybridized carbons (Fsp3) is 0.900. The van der Waals surface area contributed by atoms with Gasteiger partial charge in [-0.25, -0.2) is 0 Å². The van der Waals surface area contributed by atoms with E-state index in [4.69, 9.17) is 9.84 Å². The third-order valence-electron chi connectivity index (χ3n) is 2.57. The van der Waals surface area contributed by atoms with Crippen LogP contribution in [0.4, 0.5) is 0 Å². The van der Waals surface area contributed by atoms with Gasteiger partial charge in [0.25, 0.3) is 0 Å². The van der Waals surface area contributed by atoms with Crippen LogP contribution in [0.15, 0.2) is 0 Å². The maximum absolute atomic E-state index is 10.2. The van der Waals surface area contributed by atoms with Crippen molar-refractivity contribution in [1.29, 1.82) is 0 Å². The van der Waals surface area contributed by atoms with Gasteiger partial charge in [-0.3, -0.25) is 0 Å². The highest BCUT2D eigenvalue weighted by atomic mass is 16.5. The van der Waals surface area contributed by atoms with E-state index in [2.05, 4.69) is 0 Å². The van der Waals surface area contributed by atoms with Crippen molar-refractivity contribution < 1.29 is 14.6 Å². The lowest BCUT2D eigenvalue weighted by atomic mass is 10.00. The van der Waals surface area contributed by atoms with Crippen LogP contribution in [0.1, 0.15) is 12.8 Å². The van der Waals surface area contributed by atoms with Crippen LogP contribution in [0.2, 0.25) is 0 Å². The maximum Gasteiger partial charge on any atom is 0.149 e. The Morgan fingerprint density at radius 1 is 1.57 bits per heavy atom. The summed E-state index contributed by atoms with van der Waals surface area (Å²) in [5.41, 5.74) is 0. The number of likely N-dealkylation sites (N-methyl/N-ethyl adjacent to an activating group) is 1. The Labute approximate surface area is 84.8 Å².